The zero-order chi connectivity index (χ0) is 26.4. The molecule has 38 heavy (non-hydrogen) atoms. The average Bonchev–Trinajstić information content (AvgIpc) is 3.59. The number of halogens is 1. The highest BCUT2D eigenvalue weighted by Gasteiger charge is 2.36. The number of tetrazole rings is 1. The predicted molar refractivity (Wildman–Crippen MR) is 140 cm³/mol. The van der Waals surface area contributed by atoms with Crippen LogP contribution in [0.2, 0.25) is 0 Å². The van der Waals surface area contributed by atoms with Crippen molar-refractivity contribution < 1.29 is 13.9 Å². The summed E-state index contributed by atoms with van der Waals surface area (Å²) in [7, 11) is 0. The summed E-state index contributed by atoms with van der Waals surface area (Å²) >= 11 is 0. The lowest BCUT2D eigenvalue weighted by Crippen LogP contribution is -2.49. The fourth-order valence-corrected chi connectivity index (χ4v) is 5.15. The Hall–Kier alpha value is -3.99. The van der Waals surface area contributed by atoms with Crippen LogP contribution in [0.5, 0.6) is 11.5 Å². The molecule has 0 aliphatic carbocycles. The summed E-state index contributed by atoms with van der Waals surface area (Å²) in [6.07, 6.45) is 0.813. The van der Waals surface area contributed by atoms with Crippen LogP contribution in [0, 0.1) is 5.82 Å². The molecular formula is C27H30FN7O3. The van der Waals surface area contributed by atoms with Gasteiger partial charge in [-0.05, 0) is 67.1 Å². The van der Waals surface area contributed by atoms with E-state index in [-0.39, 0.29) is 23.7 Å². The number of anilines is 1. The number of benzene rings is 2. The molecule has 0 unspecified atom stereocenters. The van der Waals surface area contributed by atoms with Crippen molar-refractivity contribution in [2.75, 3.05) is 37.9 Å². The molecule has 1 N–H and O–H groups in total. The first kappa shape index (κ1) is 24.4. The SMILES string of the molecule is CCC(C)(C)n1nnnc1[C@H](c1cc2cc3c(cc2[nH]c1=O)OCO3)N1CCN(c2ccc(F)cc2)CC1. The number of fused-ring (bicyclic) bond motifs is 2. The third-order valence-corrected chi connectivity index (χ3v) is 7.71. The second-order valence-corrected chi connectivity index (χ2v) is 10.4. The van der Waals surface area contributed by atoms with Gasteiger partial charge in [0.15, 0.2) is 17.3 Å². The third kappa shape index (κ3) is 4.26. The molecule has 0 amide bonds. The Bertz CT molecular complexity index is 1520. The number of nitrogens with zero attached hydrogens (tertiary/aromatic N) is 6. The van der Waals surface area contributed by atoms with E-state index in [1.54, 1.807) is 18.2 Å². The molecule has 2 aliphatic rings. The number of H-pyrrole nitrogens is 1. The maximum atomic E-state index is 13.6. The van der Waals surface area contributed by atoms with E-state index in [1.807, 2.05) is 16.8 Å². The first-order chi connectivity index (χ1) is 18.3. The Labute approximate surface area is 219 Å². The highest BCUT2D eigenvalue weighted by atomic mass is 19.1. The number of nitrogens with one attached hydrogen (secondary N) is 1. The lowest BCUT2D eigenvalue weighted by atomic mass is 9.98. The summed E-state index contributed by atoms with van der Waals surface area (Å²) in [5, 5.41) is 13.7. The van der Waals surface area contributed by atoms with Crippen LogP contribution in [0.25, 0.3) is 10.9 Å². The van der Waals surface area contributed by atoms with Gasteiger partial charge in [0.25, 0.3) is 5.56 Å². The van der Waals surface area contributed by atoms with Crippen LogP contribution in [0.4, 0.5) is 10.1 Å². The fraction of sp³-hybridized carbons (Fsp3) is 0.407. The molecule has 2 aromatic heterocycles. The highest BCUT2D eigenvalue weighted by molar-refractivity contribution is 5.83. The lowest BCUT2D eigenvalue weighted by molar-refractivity contribution is 0.174. The Balaban J connectivity index is 1.41. The van der Waals surface area contributed by atoms with E-state index in [1.165, 1.54) is 12.1 Å². The topological polar surface area (TPSA) is 101 Å². The van der Waals surface area contributed by atoms with E-state index in [0.29, 0.717) is 54.6 Å². The van der Waals surface area contributed by atoms with Crippen molar-refractivity contribution >= 4 is 16.6 Å². The van der Waals surface area contributed by atoms with Gasteiger partial charge in [-0.1, -0.05) is 6.92 Å². The average molecular weight is 520 g/mol. The Kier molecular flexibility index (Phi) is 6.02. The van der Waals surface area contributed by atoms with Gasteiger partial charge in [0.2, 0.25) is 6.79 Å². The molecule has 6 rings (SSSR count). The molecule has 0 bridgehead atoms. The number of ether oxygens (including phenoxy) is 2. The summed E-state index contributed by atoms with van der Waals surface area (Å²) in [5.41, 5.74) is 1.67. The summed E-state index contributed by atoms with van der Waals surface area (Å²) < 4.78 is 26.4. The monoisotopic (exact) mass is 519 g/mol. The van der Waals surface area contributed by atoms with Crippen LogP contribution in [0.1, 0.15) is 44.6 Å². The van der Waals surface area contributed by atoms with Gasteiger partial charge in [-0.25, -0.2) is 9.07 Å². The maximum absolute atomic E-state index is 13.6. The number of hydrogen-bond donors (Lipinski definition) is 1. The molecule has 1 fully saturated rings. The van der Waals surface area contributed by atoms with Crippen LogP contribution in [0.3, 0.4) is 0 Å². The van der Waals surface area contributed by atoms with E-state index in [0.717, 1.165) is 17.5 Å². The predicted octanol–water partition coefficient (Wildman–Crippen LogP) is 3.44. The van der Waals surface area contributed by atoms with Gasteiger partial charge in [-0.3, -0.25) is 9.69 Å². The maximum Gasteiger partial charge on any atom is 0.253 e. The lowest BCUT2D eigenvalue weighted by Gasteiger charge is -2.40. The van der Waals surface area contributed by atoms with Crippen molar-refractivity contribution in [1.82, 2.24) is 30.1 Å². The highest BCUT2D eigenvalue weighted by Crippen LogP contribution is 2.37. The molecule has 0 radical (unpaired) electrons. The molecule has 4 aromatic rings. The van der Waals surface area contributed by atoms with Gasteiger partial charge in [-0.15, -0.1) is 5.10 Å². The van der Waals surface area contributed by atoms with Crippen molar-refractivity contribution in [2.45, 2.75) is 38.8 Å². The first-order valence-corrected chi connectivity index (χ1v) is 12.8. The van der Waals surface area contributed by atoms with Gasteiger partial charge in [0.05, 0.1) is 11.1 Å². The van der Waals surface area contributed by atoms with E-state index < -0.39 is 6.04 Å². The van der Waals surface area contributed by atoms with Crippen LogP contribution >= 0.6 is 0 Å². The molecular weight excluding hydrogens is 489 g/mol. The summed E-state index contributed by atoms with van der Waals surface area (Å²) in [6, 6.07) is 11.7. The van der Waals surface area contributed by atoms with Gasteiger partial charge in [0, 0.05) is 48.9 Å². The van der Waals surface area contributed by atoms with Gasteiger partial charge >= 0.3 is 0 Å². The first-order valence-electron chi connectivity index (χ1n) is 12.8. The minimum Gasteiger partial charge on any atom is -0.454 e. The molecule has 1 atom stereocenters. The second-order valence-electron chi connectivity index (χ2n) is 10.4. The largest absolute Gasteiger partial charge is 0.454 e. The molecule has 4 heterocycles. The Morgan fingerprint density at radius 1 is 1.05 bits per heavy atom. The van der Waals surface area contributed by atoms with Crippen LogP contribution in [-0.4, -0.2) is 63.1 Å². The summed E-state index contributed by atoms with van der Waals surface area (Å²) in [4.78, 5) is 21.1. The molecule has 0 spiro atoms. The zero-order valence-electron chi connectivity index (χ0n) is 21.6. The van der Waals surface area contributed by atoms with Crippen LogP contribution in [0.15, 0.2) is 47.3 Å². The van der Waals surface area contributed by atoms with Crippen molar-refractivity contribution in [3.05, 3.63) is 70.0 Å². The molecule has 2 aliphatic heterocycles. The fourth-order valence-electron chi connectivity index (χ4n) is 5.15. The summed E-state index contributed by atoms with van der Waals surface area (Å²) in [6.45, 7) is 9.18. The standard InChI is InChI=1S/C27H30FN7O3/c1-4-27(2,3)35-25(30-31-32-35)24(34-11-9-33(10-12-34)19-7-5-18(28)6-8-19)20-13-17-14-22-23(38-16-37-22)15-21(17)29-26(20)36/h5-8,13-15,24H,4,9-12,16H2,1-3H3,(H,29,36)/t24-/m0/s1. The number of hydrogen-bond acceptors (Lipinski definition) is 8. The molecule has 198 valence electrons. The quantitative estimate of drug-likeness (QED) is 0.414. The van der Waals surface area contributed by atoms with Gasteiger partial charge < -0.3 is 19.4 Å². The number of aromatic nitrogens is 5. The van der Waals surface area contributed by atoms with Crippen molar-refractivity contribution in [3.63, 3.8) is 0 Å². The minimum atomic E-state index is -0.468. The third-order valence-electron chi connectivity index (χ3n) is 7.71. The number of aromatic amines is 1. The van der Waals surface area contributed by atoms with Crippen molar-refractivity contribution in [1.29, 1.82) is 0 Å². The molecule has 0 saturated carbocycles. The smallest absolute Gasteiger partial charge is 0.253 e. The van der Waals surface area contributed by atoms with Crippen molar-refractivity contribution in [2.24, 2.45) is 0 Å². The van der Waals surface area contributed by atoms with E-state index in [9.17, 15) is 9.18 Å². The van der Waals surface area contributed by atoms with E-state index >= 15 is 0 Å². The number of pyridine rings is 1. The van der Waals surface area contributed by atoms with E-state index in [4.69, 9.17) is 9.47 Å². The van der Waals surface area contributed by atoms with Gasteiger partial charge in [0.1, 0.15) is 11.9 Å². The minimum absolute atomic E-state index is 0.157. The van der Waals surface area contributed by atoms with E-state index in [2.05, 4.69) is 51.1 Å². The Morgan fingerprint density at radius 2 is 1.76 bits per heavy atom. The zero-order valence-corrected chi connectivity index (χ0v) is 21.6. The van der Waals surface area contributed by atoms with Crippen LogP contribution < -0.4 is 19.9 Å². The number of rotatable bonds is 6. The van der Waals surface area contributed by atoms with Gasteiger partial charge in [-0.2, -0.15) is 0 Å². The summed E-state index contributed by atoms with van der Waals surface area (Å²) in [5.74, 6) is 1.63. The van der Waals surface area contributed by atoms with Crippen molar-refractivity contribution in [3.8, 4) is 11.5 Å². The molecule has 11 heteroatoms. The normalized spacial score (nSPS) is 16.8. The molecule has 1 saturated heterocycles. The number of piperazine rings is 1. The second kappa shape index (κ2) is 9.39. The molecule has 10 nitrogen and oxygen atoms in total. The molecule has 2 aromatic carbocycles. The van der Waals surface area contributed by atoms with Crippen LogP contribution in [-0.2, 0) is 5.54 Å². The Morgan fingerprint density at radius 3 is 2.47 bits per heavy atom.